The van der Waals surface area contributed by atoms with Crippen LogP contribution in [0.25, 0.3) is 0 Å². The molecule has 0 atom stereocenters. The molecule has 0 radical (unpaired) electrons. The monoisotopic (exact) mass is 397 g/mol. The van der Waals surface area contributed by atoms with Crippen LogP contribution in [0, 0.1) is 17.0 Å². The van der Waals surface area contributed by atoms with Gasteiger partial charge in [-0.15, -0.1) is 0 Å². The maximum absolute atomic E-state index is 12.5. The van der Waals surface area contributed by atoms with E-state index in [4.69, 9.17) is 11.6 Å². The average Bonchev–Trinajstić information content (AvgIpc) is 2.56. The first-order chi connectivity index (χ1) is 12.0. The normalized spacial score (nSPS) is 11.1. The molecule has 0 aliphatic carbocycles. The quantitative estimate of drug-likeness (QED) is 0.615. The molecular formula is C16H16ClN3O5S. The fourth-order valence-electron chi connectivity index (χ4n) is 2.14. The summed E-state index contributed by atoms with van der Waals surface area (Å²) in [5.41, 5.74) is 0.401. The fraction of sp³-hybridized carbons (Fsp3) is 0.188. The van der Waals surface area contributed by atoms with Crippen molar-refractivity contribution in [3.8, 4) is 0 Å². The summed E-state index contributed by atoms with van der Waals surface area (Å²) in [5, 5.41) is 11.0. The minimum atomic E-state index is -4.09. The zero-order valence-electron chi connectivity index (χ0n) is 14.2. The van der Waals surface area contributed by atoms with Gasteiger partial charge in [0.25, 0.3) is 21.6 Å². The summed E-state index contributed by atoms with van der Waals surface area (Å²) in [6.07, 6.45) is 0. The van der Waals surface area contributed by atoms with Crippen LogP contribution >= 0.6 is 11.6 Å². The molecule has 1 amide bonds. The van der Waals surface area contributed by atoms with Crippen LogP contribution in [-0.2, 0) is 10.0 Å². The number of anilines is 1. The van der Waals surface area contributed by atoms with Gasteiger partial charge in [0.2, 0.25) is 0 Å². The summed E-state index contributed by atoms with van der Waals surface area (Å²) >= 11 is 5.92. The van der Waals surface area contributed by atoms with Gasteiger partial charge in [0, 0.05) is 37.0 Å². The molecule has 0 saturated carbocycles. The van der Waals surface area contributed by atoms with Crippen LogP contribution < -0.4 is 4.72 Å². The second-order valence-electron chi connectivity index (χ2n) is 5.69. The number of benzene rings is 2. The summed E-state index contributed by atoms with van der Waals surface area (Å²) in [6.45, 7) is 1.44. The number of hydrogen-bond acceptors (Lipinski definition) is 5. The molecule has 2 aromatic rings. The van der Waals surface area contributed by atoms with Crippen molar-refractivity contribution in [1.82, 2.24) is 4.90 Å². The molecule has 0 aliphatic rings. The van der Waals surface area contributed by atoms with Crippen LogP contribution in [0.5, 0.6) is 0 Å². The van der Waals surface area contributed by atoms with E-state index in [2.05, 4.69) is 4.72 Å². The van der Waals surface area contributed by atoms with Crippen molar-refractivity contribution >= 4 is 38.9 Å². The van der Waals surface area contributed by atoms with Gasteiger partial charge >= 0.3 is 0 Å². The van der Waals surface area contributed by atoms with Crippen molar-refractivity contribution in [3.05, 3.63) is 62.7 Å². The van der Waals surface area contributed by atoms with Gasteiger partial charge in [-0.05, 0) is 37.3 Å². The zero-order chi connectivity index (χ0) is 19.6. The van der Waals surface area contributed by atoms with Crippen LogP contribution in [0.15, 0.2) is 41.3 Å². The Labute approximate surface area is 155 Å². The number of halogens is 1. The minimum absolute atomic E-state index is 0.0218. The van der Waals surface area contributed by atoms with Gasteiger partial charge in [0.1, 0.15) is 0 Å². The van der Waals surface area contributed by atoms with Crippen LogP contribution in [-0.4, -0.2) is 38.2 Å². The van der Waals surface area contributed by atoms with Crippen molar-refractivity contribution < 1.29 is 18.1 Å². The molecule has 0 saturated heterocycles. The topological polar surface area (TPSA) is 110 Å². The first kappa shape index (κ1) is 19.7. The van der Waals surface area contributed by atoms with E-state index in [0.717, 1.165) is 12.1 Å². The number of amides is 1. The molecule has 26 heavy (non-hydrogen) atoms. The Balaban J connectivity index is 2.35. The van der Waals surface area contributed by atoms with E-state index >= 15 is 0 Å². The molecular weight excluding hydrogens is 382 g/mol. The van der Waals surface area contributed by atoms with Gasteiger partial charge < -0.3 is 4.90 Å². The highest BCUT2D eigenvalue weighted by Gasteiger charge is 2.22. The van der Waals surface area contributed by atoms with Crippen molar-refractivity contribution in [3.63, 3.8) is 0 Å². The van der Waals surface area contributed by atoms with Gasteiger partial charge in [-0.2, -0.15) is 0 Å². The van der Waals surface area contributed by atoms with Crippen LogP contribution in [0.3, 0.4) is 0 Å². The number of sulfonamides is 1. The third kappa shape index (κ3) is 4.12. The smallest absolute Gasteiger partial charge is 0.275 e. The second-order valence-corrected chi connectivity index (χ2v) is 7.78. The van der Waals surface area contributed by atoms with Gasteiger partial charge in [0.05, 0.1) is 14.8 Å². The number of nitrogens with one attached hydrogen (secondary N) is 1. The van der Waals surface area contributed by atoms with Crippen LogP contribution in [0.4, 0.5) is 11.4 Å². The Morgan fingerprint density at radius 3 is 2.27 bits per heavy atom. The first-order valence-electron chi connectivity index (χ1n) is 7.32. The first-order valence-corrected chi connectivity index (χ1v) is 9.18. The summed E-state index contributed by atoms with van der Waals surface area (Å²) in [7, 11) is -0.884. The van der Waals surface area contributed by atoms with Crippen molar-refractivity contribution in [2.24, 2.45) is 0 Å². The van der Waals surface area contributed by atoms with E-state index in [0.29, 0.717) is 5.56 Å². The predicted octanol–water partition coefficient (Wildman–Crippen LogP) is 3.06. The van der Waals surface area contributed by atoms with Gasteiger partial charge in [0.15, 0.2) is 0 Å². The average molecular weight is 398 g/mol. The summed E-state index contributed by atoms with van der Waals surface area (Å²) in [5.74, 6) is -0.222. The van der Waals surface area contributed by atoms with E-state index in [9.17, 15) is 23.3 Å². The Morgan fingerprint density at radius 1 is 1.19 bits per heavy atom. The lowest BCUT2D eigenvalue weighted by atomic mass is 10.2. The number of nitro benzene ring substituents is 1. The Hall–Kier alpha value is -2.65. The lowest BCUT2D eigenvalue weighted by Gasteiger charge is -2.12. The van der Waals surface area contributed by atoms with Crippen molar-refractivity contribution in [2.45, 2.75) is 11.8 Å². The van der Waals surface area contributed by atoms with E-state index in [1.165, 1.54) is 36.1 Å². The summed E-state index contributed by atoms with van der Waals surface area (Å²) < 4.78 is 27.3. The number of carbonyl (C=O) groups excluding carboxylic acids is 1. The summed E-state index contributed by atoms with van der Waals surface area (Å²) in [4.78, 5) is 23.3. The van der Waals surface area contributed by atoms with Crippen LogP contribution in [0.1, 0.15) is 15.9 Å². The largest absolute Gasteiger partial charge is 0.345 e. The molecule has 0 unspecified atom stereocenters. The Kier molecular flexibility index (Phi) is 5.53. The highest BCUT2D eigenvalue weighted by molar-refractivity contribution is 7.92. The predicted molar refractivity (Wildman–Crippen MR) is 98.1 cm³/mol. The molecule has 0 heterocycles. The highest BCUT2D eigenvalue weighted by atomic mass is 35.5. The van der Waals surface area contributed by atoms with Gasteiger partial charge in [-0.3, -0.25) is 19.6 Å². The molecule has 2 aromatic carbocycles. The number of nitrogens with zero attached hydrogens (tertiary/aromatic N) is 2. The van der Waals surface area contributed by atoms with Gasteiger partial charge in [-0.25, -0.2) is 8.42 Å². The van der Waals surface area contributed by atoms with Crippen molar-refractivity contribution in [2.75, 3.05) is 18.8 Å². The SMILES string of the molecule is Cc1c(Cl)cc(S(=O)(=O)Nc2ccc(C(=O)N(C)C)cc2)cc1[N+](=O)[O-]. The standard InChI is InChI=1S/C16H16ClN3O5S/c1-10-14(17)8-13(9-15(10)20(22)23)26(24,25)18-12-6-4-11(5-7-12)16(21)19(2)3/h4-9,18H,1-3H3. The lowest BCUT2D eigenvalue weighted by Crippen LogP contribution is -2.21. The van der Waals surface area contributed by atoms with E-state index < -0.39 is 14.9 Å². The molecule has 10 heteroatoms. The second kappa shape index (κ2) is 7.30. The molecule has 0 fully saturated rings. The molecule has 0 aliphatic heterocycles. The number of nitro groups is 1. The number of rotatable bonds is 5. The van der Waals surface area contributed by atoms with E-state index in [1.807, 2.05) is 0 Å². The zero-order valence-corrected chi connectivity index (χ0v) is 15.8. The maximum atomic E-state index is 12.5. The number of hydrogen-bond donors (Lipinski definition) is 1. The molecule has 0 spiro atoms. The lowest BCUT2D eigenvalue weighted by molar-refractivity contribution is -0.385. The van der Waals surface area contributed by atoms with Gasteiger partial charge in [-0.1, -0.05) is 11.6 Å². The molecule has 138 valence electrons. The van der Waals surface area contributed by atoms with Crippen molar-refractivity contribution in [1.29, 1.82) is 0 Å². The number of carbonyl (C=O) groups is 1. The fourth-order valence-corrected chi connectivity index (χ4v) is 3.52. The maximum Gasteiger partial charge on any atom is 0.275 e. The molecule has 1 N–H and O–H groups in total. The van der Waals surface area contributed by atoms with E-state index in [-0.39, 0.29) is 32.8 Å². The van der Waals surface area contributed by atoms with Crippen LogP contribution in [0.2, 0.25) is 5.02 Å². The van der Waals surface area contributed by atoms with E-state index in [1.54, 1.807) is 14.1 Å². The third-order valence-corrected chi connectivity index (χ3v) is 5.34. The molecule has 2 rings (SSSR count). The molecule has 0 bridgehead atoms. The molecule has 0 aromatic heterocycles. The minimum Gasteiger partial charge on any atom is -0.345 e. The summed E-state index contributed by atoms with van der Waals surface area (Å²) in [6, 6.07) is 7.91. The third-order valence-electron chi connectivity index (χ3n) is 3.59. The molecule has 8 nitrogen and oxygen atoms in total. The Bertz CT molecular complexity index is 972. The Morgan fingerprint density at radius 2 is 1.77 bits per heavy atom. The highest BCUT2D eigenvalue weighted by Crippen LogP contribution is 2.30.